The minimum Gasteiger partial charge on any atom is -1.00 e. The number of aliphatic hydroxyl groups excluding tert-OH is 1. The van der Waals surface area contributed by atoms with Crippen molar-refractivity contribution in [1.29, 1.82) is 0 Å². The van der Waals surface area contributed by atoms with E-state index < -0.39 is 0 Å². The van der Waals surface area contributed by atoms with Crippen molar-refractivity contribution in [1.82, 2.24) is 0 Å². The summed E-state index contributed by atoms with van der Waals surface area (Å²) in [6.45, 7) is 5.13. The second kappa shape index (κ2) is 26.7. The number of unbranched alkanes of at least 4 members (excludes halogenated alkanes) is 13. The summed E-state index contributed by atoms with van der Waals surface area (Å²) in [5.74, 6) is 0. The van der Waals surface area contributed by atoms with E-state index in [-0.39, 0.29) is 30.9 Å². The summed E-state index contributed by atoms with van der Waals surface area (Å²) in [4.78, 5) is 0. The van der Waals surface area contributed by atoms with Crippen LogP contribution in [0.1, 0.15) is 103 Å². The van der Waals surface area contributed by atoms with E-state index in [4.69, 9.17) is 0 Å². The summed E-state index contributed by atoms with van der Waals surface area (Å²) >= 11 is 0. The van der Waals surface area contributed by atoms with Gasteiger partial charge in [-0.15, -0.1) is 0 Å². The van der Waals surface area contributed by atoms with Crippen LogP contribution in [0.25, 0.3) is 0 Å². The van der Waals surface area contributed by atoms with Crippen molar-refractivity contribution in [3.63, 3.8) is 0 Å². The standard InChI is InChI=1S/C20H44N2O.2ClH/c1-2-3-4-5-6-7-8-9-10-11-12-13-14-15-16-20(23)19-22-18-17-21;;/h20,22-23H,2-19,21H2,1H3;2*1H. The Morgan fingerprint density at radius 2 is 1.12 bits per heavy atom. The lowest BCUT2D eigenvalue weighted by molar-refractivity contribution is -0.675. The van der Waals surface area contributed by atoms with Crippen LogP contribution >= 0.6 is 0 Å². The highest BCUT2D eigenvalue weighted by Crippen LogP contribution is 2.13. The Hall–Kier alpha value is 0.460. The summed E-state index contributed by atoms with van der Waals surface area (Å²) in [7, 11) is 0. The maximum atomic E-state index is 9.82. The van der Waals surface area contributed by atoms with E-state index in [0.29, 0.717) is 0 Å². The SMILES string of the molecule is CCCCCCCCCCCCCCCCC(O)C[NH2+]CC[NH3+].[Cl-].[Cl-]. The van der Waals surface area contributed by atoms with Crippen molar-refractivity contribution in [3.05, 3.63) is 0 Å². The molecule has 156 valence electrons. The predicted octanol–water partition coefficient (Wildman–Crippen LogP) is -2.97. The highest BCUT2D eigenvalue weighted by Gasteiger charge is 2.05. The first-order valence-corrected chi connectivity index (χ1v) is 10.6. The van der Waals surface area contributed by atoms with Crippen LogP contribution in [0.5, 0.6) is 0 Å². The molecule has 0 aromatic carbocycles. The van der Waals surface area contributed by atoms with Crippen LogP contribution in [0.15, 0.2) is 0 Å². The molecule has 0 heterocycles. The third-order valence-corrected chi connectivity index (χ3v) is 4.74. The number of quaternary nitrogens is 2. The van der Waals surface area contributed by atoms with E-state index in [9.17, 15) is 5.11 Å². The van der Waals surface area contributed by atoms with Crippen LogP contribution in [0.2, 0.25) is 0 Å². The molecule has 5 heteroatoms. The summed E-state index contributed by atoms with van der Waals surface area (Å²) in [5, 5.41) is 12.0. The molecule has 0 radical (unpaired) electrons. The Balaban J connectivity index is -0.00000242. The molecule has 0 aromatic heterocycles. The van der Waals surface area contributed by atoms with Crippen LogP contribution < -0.4 is 35.9 Å². The zero-order valence-corrected chi connectivity index (χ0v) is 18.3. The van der Waals surface area contributed by atoms with Crippen molar-refractivity contribution >= 4 is 0 Å². The van der Waals surface area contributed by atoms with Crippen molar-refractivity contribution in [2.24, 2.45) is 0 Å². The van der Waals surface area contributed by atoms with Crippen molar-refractivity contribution in [2.75, 3.05) is 19.6 Å². The molecule has 3 nitrogen and oxygen atoms in total. The molecular weight excluding hydrogens is 355 g/mol. The molecule has 6 N–H and O–H groups in total. The van der Waals surface area contributed by atoms with Gasteiger partial charge < -0.3 is 41.0 Å². The van der Waals surface area contributed by atoms with E-state index >= 15 is 0 Å². The Morgan fingerprint density at radius 3 is 1.52 bits per heavy atom. The maximum absolute atomic E-state index is 9.82. The summed E-state index contributed by atoms with van der Waals surface area (Å²) < 4.78 is 0. The van der Waals surface area contributed by atoms with Gasteiger partial charge in [0.15, 0.2) is 0 Å². The molecule has 0 aromatic rings. The van der Waals surface area contributed by atoms with Gasteiger partial charge in [-0.25, -0.2) is 0 Å². The molecule has 0 spiro atoms. The number of halogens is 2. The second-order valence-corrected chi connectivity index (χ2v) is 7.21. The van der Waals surface area contributed by atoms with Gasteiger partial charge in [0.1, 0.15) is 25.7 Å². The van der Waals surface area contributed by atoms with Crippen molar-refractivity contribution in [3.8, 4) is 0 Å². The zero-order valence-electron chi connectivity index (χ0n) is 16.8. The molecule has 0 saturated carbocycles. The van der Waals surface area contributed by atoms with Crippen LogP contribution in [-0.4, -0.2) is 30.8 Å². The van der Waals surface area contributed by atoms with Gasteiger partial charge in [-0.05, 0) is 6.42 Å². The van der Waals surface area contributed by atoms with E-state index in [2.05, 4.69) is 18.0 Å². The van der Waals surface area contributed by atoms with Crippen molar-refractivity contribution < 1.29 is 41.0 Å². The fourth-order valence-electron chi connectivity index (χ4n) is 3.15. The molecule has 1 atom stereocenters. The third kappa shape index (κ3) is 26.8. The molecular formula is C20H46Cl2N2O. The van der Waals surface area contributed by atoms with Gasteiger partial charge >= 0.3 is 0 Å². The monoisotopic (exact) mass is 400 g/mol. The molecule has 0 saturated heterocycles. The topological polar surface area (TPSA) is 64.5 Å². The predicted molar refractivity (Wildman–Crippen MR) is 100 cm³/mol. The lowest BCUT2D eigenvalue weighted by Crippen LogP contribution is -3.00. The van der Waals surface area contributed by atoms with Gasteiger partial charge in [0, 0.05) is 0 Å². The quantitative estimate of drug-likeness (QED) is 0.199. The average molecular weight is 402 g/mol. The maximum Gasteiger partial charge on any atom is 0.125 e. The molecule has 0 aliphatic rings. The minimum absolute atomic E-state index is 0. The lowest BCUT2D eigenvalue weighted by Gasteiger charge is -2.08. The third-order valence-electron chi connectivity index (χ3n) is 4.74. The molecule has 0 rings (SSSR count). The number of hydrogen-bond acceptors (Lipinski definition) is 1. The number of rotatable bonds is 19. The van der Waals surface area contributed by atoms with Gasteiger partial charge in [-0.3, -0.25) is 0 Å². The van der Waals surface area contributed by atoms with Gasteiger partial charge in [-0.2, -0.15) is 0 Å². The van der Waals surface area contributed by atoms with Gasteiger partial charge in [0.05, 0.1) is 0 Å². The molecule has 0 aliphatic heterocycles. The molecule has 25 heavy (non-hydrogen) atoms. The largest absolute Gasteiger partial charge is 1.00 e. The molecule has 0 fully saturated rings. The molecule has 0 bridgehead atoms. The second-order valence-electron chi connectivity index (χ2n) is 7.21. The smallest absolute Gasteiger partial charge is 0.125 e. The number of aliphatic hydroxyl groups is 1. The van der Waals surface area contributed by atoms with Crippen LogP contribution in [-0.2, 0) is 0 Å². The Kier molecular flexibility index (Phi) is 32.2. The molecule has 0 aliphatic carbocycles. The summed E-state index contributed by atoms with van der Waals surface area (Å²) in [6.07, 6.45) is 20.4. The van der Waals surface area contributed by atoms with E-state index in [1.54, 1.807) is 0 Å². The zero-order chi connectivity index (χ0) is 17.0. The lowest BCUT2D eigenvalue weighted by atomic mass is 10.0. The van der Waals surface area contributed by atoms with Gasteiger partial charge in [0.2, 0.25) is 0 Å². The Bertz CT molecular complexity index is 222. The first-order chi connectivity index (χ1) is 11.3. The van der Waals surface area contributed by atoms with E-state index in [1.807, 2.05) is 0 Å². The van der Waals surface area contributed by atoms with Crippen molar-refractivity contribution in [2.45, 2.75) is 109 Å². The Labute approximate surface area is 170 Å². The van der Waals surface area contributed by atoms with Gasteiger partial charge in [-0.1, -0.05) is 96.8 Å². The van der Waals surface area contributed by atoms with E-state index in [1.165, 1.54) is 89.9 Å². The highest BCUT2D eigenvalue weighted by molar-refractivity contribution is 4.54. The minimum atomic E-state index is -0.112. The summed E-state index contributed by atoms with van der Waals surface area (Å²) in [6, 6.07) is 0. The number of hydrogen-bond donors (Lipinski definition) is 3. The fourth-order valence-corrected chi connectivity index (χ4v) is 3.15. The number of nitrogens with two attached hydrogens (primary N) is 1. The van der Waals surface area contributed by atoms with E-state index in [0.717, 1.165) is 26.1 Å². The first-order valence-electron chi connectivity index (χ1n) is 10.6. The normalized spacial score (nSPS) is 11.6. The van der Waals surface area contributed by atoms with Crippen LogP contribution in [0.4, 0.5) is 0 Å². The van der Waals surface area contributed by atoms with Crippen LogP contribution in [0, 0.1) is 0 Å². The van der Waals surface area contributed by atoms with Crippen LogP contribution in [0.3, 0.4) is 0 Å². The first kappa shape index (κ1) is 30.2. The van der Waals surface area contributed by atoms with Gasteiger partial charge in [0.25, 0.3) is 0 Å². The Morgan fingerprint density at radius 1 is 0.720 bits per heavy atom. The highest BCUT2D eigenvalue weighted by atomic mass is 35.5. The fraction of sp³-hybridized carbons (Fsp3) is 1.00. The summed E-state index contributed by atoms with van der Waals surface area (Å²) in [5.41, 5.74) is 3.81. The molecule has 1 unspecified atom stereocenters. The molecule has 0 amide bonds. The average Bonchev–Trinajstić information content (AvgIpc) is 2.55.